The smallest absolute Gasteiger partial charge is 0.255 e. The van der Waals surface area contributed by atoms with E-state index < -0.39 is 5.41 Å². The number of carbonyl (C=O) groups excluding carboxylic acids is 2. The van der Waals surface area contributed by atoms with E-state index in [0.29, 0.717) is 16.9 Å². The largest absolute Gasteiger partial charge is 0.326 e. The van der Waals surface area contributed by atoms with Gasteiger partial charge in [-0.1, -0.05) is 39.0 Å². The molecule has 2 aromatic carbocycles. The molecule has 0 radical (unpaired) electrons. The second kappa shape index (κ2) is 6.43. The number of benzene rings is 2. The molecule has 0 aliphatic rings. The Balaban J connectivity index is 2.01. The van der Waals surface area contributed by atoms with Gasteiger partial charge >= 0.3 is 0 Å². The number of anilines is 2. The zero-order valence-corrected chi connectivity index (χ0v) is 13.0. The van der Waals surface area contributed by atoms with Crippen molar-refractivity contribution in [3.05, 3.63) is 60.2 Å². The molecule has 114 valence electrons. The van der Waals surface area contributed by atoms with Crippen LogP contribution in [0.3, 0.4) is 0 Å². The number of amides is 2. The summed E-state index contributed by atoms with van der Waals surface area (Å²) < 4.78 is 0. The molecule has 2 N–H and O–H groups in total. The molecule has 0 atom stereocenters. The molecule has 4 nitrogen and oxygen atoms in total. The Labute approximate surface area is 130 Å². The summed E-state index contributed by atoms with van der Waals surface area (Å²) in [6, 6.07) is 16.1. The fraction of sp³-hybridized carbons (Fsp3) is 0.222. The molecule has 22 heavy (non-hydrogen) atoms. The van der Waals surface area contributed by atoms with Crippen molar-refractivity contribution < 1.29 is 9.59 Å². The predicted octanol–water partition coefficient (Wildman–Crippen LogP) is 3.92. The van der Waals surface area contributed by atoms with Gasteiger partial charge in [0.2, 0.25) is 5.91 Å². The molecule has 2 amide bonds. The molecule has 2 rings (SSSR count). The van der Waals surface area contributed by atoms with Crippen LogP contribution in [0.25, 0.3) is 0 Å². The van der Waals surface area contributed by atoms with E-state index in [0.717, 1.165) is 0 Å². The van der Waals surface area contributed by atoms with Gasteiger partial charge in [-0.3, -0.25) is 9.59 Å². The van der Waals surface area contributed by atoms with Crippen molar-refractivity contribution in [3.63, 3.8) is 0 Å². The van der Waals surface area contributed by atoms with Gasteiger partial charge in [-0.2, -0.15) is 0 Å². The Morgan fingerprint density at radius 1 is 0.773 bits per heavy atom. The molecule has 0 heterocycles. The molecule has 4 heteroatoms. The molecule has 0 saturated heterocycles. The van der Waals surface area contributed by atoms with Crippen molar-refractivity contribution >= 4 is 23.2 Å². The lowest BCUT2D eigenvalue weighted by molar-refractivity contribution is -0.123. The maximum absolute atomic E-state index is 12.0. The average Bonchev–Trinajstić information content (AvgIpc) is 2.49. The lowest BCUT2D eigenvalue weighted by Crippen LogP contribution is -2.27. The first-order chi connectivity index (χ1) is 10.4. The van der Waals surface area contributed by atoms with Crippen LogP contribution < -0.4 is 10.6 Å². The van der Waals surface area contributed by atoms with Crippen molar-refractivity contribution in [3.8, 4) is 0 Å². The highest BCUT2D eigenvalue weighted by atomic mass is 16.2. The van der Waals surface area contributed by atoms with Gasteiger partial charge in [0.05, 0.1) is 0 Å². The van der Waals surface area contributed by atoms with Gasteiger partial charge in [0.15, 0.2) is 0 Å². The number of hydrogen-bond donors (Lipinski definition) is 2. The van der Waals surface area contributed by atoms with Crippen molar-refractivity contribution in [2.45, 2.75) is 20.8 Å². The minimum absolute atomic E-state index is 0.0476. The standard InChI is InChI=1S/C18H20N2O2/c1-18(2,3)17(22)20-15-11-9-14(10-12-15)19-16(21)13-7-5-4-6-8-13/h4-12H,1-3H3,(H,19,21)(H,20,22). The van der Waals surface area contributed by atoms with Crippen molar-refractivity contribution in [2.75, 3.05) is 10.6 Å². The number of hydrogen-bond acceptors (Lipinski definition) is 2. The van der Waals surface area contributed by atoms with Crippen LogP contribution in [-0.4, -0.2) is 11.8 Å². The molecule has 0 saturated carbocycles. The number of nitrogens with one attached hydrogen (secondary N) is 2. The summed E-state index contributed by atoms with van der Waals surface area (Å²) in [6.45, 7) is 5.57. The fourth-order valence-electron chi connectivity index (χ4n) is 1.75. The molecule has 0 aromatic heterocycles. The van der Waals surface area contributed by atoms with E-state index in [9.17, 15) is 9.59 Å². The van der Waals surface area contributed by atoms with Gasteiger partial charge in [-0.05, 0) is 36.4 Å². The molecule has 0 fully saturated rings. The first kappa shape index (κ1) is 15.8. The Morgan fingerprint density at radius 2 is 1.27 bits per heavy atom. The van der Waals surface area contributed by atoms with Gasteiger partial charge in [0.1, 0.15) is 0 Å². The van der Waals surface area contributed by atoms with Gasteiger partial charge in [0, 0.05) is 22.4 Å². The molecule has 0 aliphatic carbocycles. The second-order valence-corrected chi connectivity index (χ2v) is 6.10. The Morgan fingerprint density at radius 3 is 1.77 bits per heavy atom. The normalized spacial score (nSPS) is 10.9. The maximum atomic E-state index is 12.0. The third-order valence-electron chi connectivity index (χ3n) is 3.12. The van der Waals surface area contributed by atoms with Crippen molar-refractivity contribution in [1.82, 2.24) is 0 Å². The van der Waals surface area contributed by atoms with E-state index >= 15 is 0 Å². The predicted molar refractivity (Wildman–Crippen MR) is 88.9 cm³/mol. The van der Waals surface area contributed by atoms with Gasteiger partial charge in [-0.25, -0.2) is 0 Å². The SMILES string of the molecule is CC(C)(C)C(=O)Nc1ccc(NC(=O)c2ccccc2)cc1. The van der Waals surface area contributed by atoms with E-state index in [-0.39, 0.29) is 11.8 Å². The average molecular weight is 296 g/mol. The Bertz CT molecular complexity index is 656. The second-order valence-electron chi connectivity index (χ2n) is 6.10. The highest BCUT2D eigenvalue weighted by molar-refractivity contribution is 6.04. The molecular weight excluding hydrogens is 276 g/mol. The van der Waals surface area contributed by atoms with E-state index in [1.165, 1.54) is 0 Å². The van der Waals surface area contributed by atoms with Crippen LogP contribution in [0.4, 0.5) is 11.4 Å². The Hall–Kier alpha value is -2.62. The lowest BCUT2D eigenvalue weighted by Gasteiger charge is -2.17. The molecule has 0 spiro atoms. The summed E-state index contributed by atoms with van der Waals surface area (Å²) in [5.74, 6) is -0.208. The molecule has 0 bridgehead atoms. The zero-order chi connectivity index (χ0) is 16.2. The molecule has 0 aliphatic heterocycles. The third-order valence-corrected chi connectivity index (χ3v) is 3.12. The fourth-order valence-corrected chi connectivity index (χ4v) is 1.75. The van der Waals surface area contributed by atoms with Crippen LogP contribution in [0.2, 0.25) is 0 Å². The van der Waals surface area contributed by atoms with Crippen LogP contribution in [0, 0.1) is 5.41 Å². The minimum Gasteiger partial charge on any atom is -0.326 e. The summed E-state index contributed by atoms with van der Waals surface area (Å²) in [7, 11) is 0. The quantitative estimate of drug-likeness (QED) is 0.901. The van der Waals surface area contributed by atoms with Crippen LogP contribution in [-0.2, 0) is 4.79 Å². The molecular formula is C18H20N2O2. The summed E-state index contributed by atoms with van der Waals surface area (Å²) in [5.41, 5.74) is 1.55. The maximum Gasteiger partial charge on any atom is 0.255 e. The Kier molecular flexibility index (Phi) is 4.61. The van der Waals surface area contributed by atoms with Crippen LogP contribution >= 0.6 is 0 Å². The first-order valence-electron chi connectivity index (χ1n) is 7.14. The van der Waals surface area contributed by atoms with E-state index in [1.807, 2.05) is 39.0 Å². The van der Waals surface area contributed by atoms with Gasteiger partial charge < -0.3 is 10.6 Å². The van der Waals surface area contributed by atoms with Crippen molar-refractivity contribution in [2.24, 2.45) is 5.41 Å². The van der Waals surface area contributed by atoms with Crippen LogP contribution in [0.5, 0.6) is 0 Å². The topological polar surface area (TPSA) is 58.2 Å². The number of carbonyl (C=O) groups is 2. The molecule has 0 unspecified atom stereocenters. The van der Waals surface area contributed by atoms with E-state index in [4.69, 9.17) is 0 Å². The summed E-state index contributed by atoms with van der Waals surface area (Å²) in [4.78, 5) is 23.9. The van der Waals surface area contributed by atoms with Gasteiger partial charge in [-0.15, -0.1) is 0 Å². The van der Waals surface area contributed by atoms with Crippen molar-refractivity contribution in [1.29, 1.82) is 0 Å². The van der Waals surface area contributed by atoms with E-state index in [1.54, 1.807) is 36.4 Å². The minimum atomic E-state index is -0.444. The summed E-state index contributed by atoms with van der Waals surface area (Å²) >= 11 is 0. The van der Waals surface area contributed by atoms with Crippen LogP contribution in [0.1, 0.15) is 31.1 Å². The lowest BCUT2D eigenvalue weighted by atomic mass is 9.95. The highest BCUT2D eigenvalue weighted by Crippen LogP contribution is 2.19. The summed E-state index contributed by atoms with van der Waals surface area (Å²) in [6.07, 6.45) is 0. The monoisotopic (exact) mass is 296 g/mol. The number of rotatable bonds is 3. The molecule has 2 aromatic rings. The van der Waals surface area contributed by atoms with E-state index in [2.05, 4.69) is 10.6 Å². The highest BCUT2D eigenvalue weighted by Gasteiger charge is 2.21. The van der Waals surface area contributed by atoms with Crippen LogP contribution in [0.15, 0.2) is 54.6 Å². The summed E-state index contributed by atoms with van der Waals surface area (Å²) in [5, 5.41) is 5.66. The third kappa shape index (κ3) is 4.19. The first-order valence-corrected chi connectivity index (χ1v) is 7.14. The van der Waals surface area contributed by atoms with Gasteiger partial charge in [0.25, 0.3) is 5.91 Å². The zero-order valence-electron chi connectivity index (χ0n) is 13.0.